The molecular weight excluding hydrogens is 322 g/mol. The molecule has 0 aliphatic rings. The van der Waals surface area contributed by atoms with E-state index in [9.17, 15) is 27.5 Å². The van der Waals surface area contributed by atoms with E-state index in [2.05, 4.69) is 10.1 Å². The third kappa shape index (κ3) is 4.01. The molecule has 0 bridgehead atoms. The van der Waals surface area contributed by atoms with Gasteiger partial charge in [-0.2, -0.15) is 8.78 Å². The number of rotatable bonds is 6. The summed E-state index contributed by atoms with van der Waals surface area (Å²) in [7, 11) is 0. The fourth-order valence-electron chi connectivity index (χ4n) is 1.86. The molecule has 2 N–H and O–H groups in total. The number of nitrogens with one attached hydrogen (secondary N) is 1. The highest BCUT2D eigenvalue weighted by molar-refractivity contribution is 5.95. The van der Waals surface area contributed by atoms with E-state index in [0.29, 0.717) is 12.1 Å². The molecule has 2 aromatic rings. The Morgan fingerprint density at radius 2 is 1.96 bits per heavy atom. The predicted molar refractivity (Wildman–Crippen MR) is 69.0 cm³/mol. The number of aliphatic hydroxyl groups is 1. The molecule has 1 aromatic heterocycles. The maximum absolute atomic E-state index is 13.8. The van der Waals surface area contributed by atoms with E-state index < -0.39 is 48.1 Å². The fraction of sp³-hybridized carbons (Fsp3) is 0.214. The molecule has 1 aromatic carbocycles. The van der Waals surface area contributed by atoms with Crippen molar-refractivity contribution in [3.63, 3.8) is 0 Å². The maximum Gasteiger partial charge on any atom is 0.387 e. The van der Waals surface area contributed by atoms with E-state index in [1.54, 1.807) is 0 Å². The summed E-state index contributed by atoms with van der Waals surface area (Å²) in [5, 5.41) is 11.4. The lowest BCUT2D eigenvalue weighted by atomic mass is 10.1. The van der Waals surface area contributed by atoms with Crippen LogP contribution < -0.4 is 10.1 Å². The third-order valence-electron chi connectivity index (χ3n) is 2.84. The first-order chi connectivity index (χ1) is 10.9. The van der Waals surface area contributed by atoms with Crippen molar-refractivity contribution in [2.24, 2.45) is 0 Å². The second kappa shape index (κ2) is 7.14. The van der Waals surface area contributed by atoms with Crippen molar-refractivity contribution in [3.8, 4) is 5.75 Å². The van der Waals surface area contributed by atoms with Crippen LogP contribution in [0.2, 0.25) is 0 Å². The molecule has 0 aliphatic heterocycles. The molecular formula is C14H11F4NO4. The minimum Gasteiger partial charge on any atom is -0.467 e. The Bertz CT molecular complexity index is 652. The lowest BCUT2D eigenvalue weighted by Crippen LogP contribution is -2.31. The molecule has 23 heavy (non-hydrogen) atoms. The number of furan rings is 1. The van der Waals surface area contributed by atoms with Crippen LogP contribution in [0.1, 0.15) is 22.2 Å². The van der Waals surface area contributed by atoms with Crippen molar-refractivity contribution in [1.29, 1.82) is 0 Å². The first-order valence-corrected chi connectivity index (χ1v) is 6.31. The first-order valence-electron chi connectivity index (χ1n) is 6.31. The molecule has 1 amide bonds. The number of alkyl halides is 2. The number of amides is 1. The molecule has 0 radical (unpaired) electrons. The van der Waals surface area contributed by atoms with E-state index in [-0.39, 0.29) is 5.76 Å². The zero-order chi connectivity index (χ0) is 17.0. The van der Waals surface area contributed by atoms with Gasteiger partial charge >= 0.3 is 6.61 Å². The molecule has 2 rings (SSSR count). The molecule has 0 fully saturated rings. The van der Waals surface area contributed by atoms with Gasteiger partial charge in [0.05, 0.1) is 12.9 Å². The molecule has 5 nitrogen and oxygen atoms in total. The zero-order valence-corrected chi connectivity index (χ0v) is 11.4. The fourth-order valence-corrected chi connectivity index (χ4v) is 1.86. The Morgan fingerprint density at radius 3 is 2.43 bits per heavy atom. The van der Waals surface area contributed by atoms with Gasteiger partial charge < -0.3 is 19.6 Å². The quantitative estimate of drug-likeness (QED) is 0.797. The van der Waals surface area contributed by atoms with Crippen LogP contribution in [0.5, 0.6) is 5.75 Å². The Hall–Kier alpha value is -2.55. The first kappa shape index (κ1) is 16.8. The molecule has 0 spiro atoms. The summed E-state index contributed by atoms with van der Waals surface area (Å²) in [6, 6.07) is 2.86. The third-order valence-corrected chi connectivity index (χ3v) is 2.84. The SMILES string of the molecule is O=C(NC(CO)c1ccco1)c1c(F)cc(OC(F)F)cc1F. The van der Waals surface area contributed by atoms with Crippen LogP contribution >= 0.6 is 0 Å². The van der Waals surface area contributed by atoms with Gasteiger partial charge in [-0.05, 0) is 12.1 Å². The number of halogens is 4. The lowest BCUT2D eigenvalue weighted by molar-refractivity contribution is -0.0501. The highest BCUT2D eigenvalue weighted by atomic mass is 19.3. The summed E-state index contributed by atoms with van der Waals surface area (Å²) in [6.07, 6.45) is 1.29. The molecule has 0 saturated carbocycles. The Morgan fingerprint density at radius 1 is 1.30 bits per heavy atom. The van der Waals surface area contributed by atoms with Gasteiger partial charge in [0, 0.05) is 12.1 Å². The Kier molecular flexibility index (Phi) is 5.22. The smallest absolute Gasteiger partial charge is 0.387 e. The molecule has 1 heterocycles. The predicted octanol–water partition coefficient (Wildman–Crippen LogP) is 2.62. The van der Waals surface area contributed by atoms with Crippen molar-refractivity contribution < 1.29 is 36.6 Å². The standard InChI is InChI=1S/C14H11F4NO4/c15-8-4-7(23-14(17)18)5-9(16)12(8)13(21)19-10(6-20)11-2-1-3-22-11/h1-5,10,14,20H,6H2,(H,19,21). The number of hydrogen-bond donors (Lipinski definition) is 2. The summed E-state index contributed by atoms with van der Waals surface area (Å²) >= 11 is 0. The highest BCUT2D eigenvalue weighted by Crippen LogP contribution is 2.23. The van der Waals surface area contributed by atoms with E-state index >= 15 is 0 Å². The summed E-state index contributed by atoms with van der Waals surface area (Å²) in [5.41, 5.74) is -0.989. The van der Waals surface area contributed by atoms with Crippen molar-refractivity contribution in [1.82, 2.24) is 5.32 Å². The van der Waals surface area contributed by atoms with Crippen LogP contribution in [-0.2, 0) is 0 Å². The summed E-state index contributed by atoms with van der Waals surface area (Å²) < 4.78 is 60.5. The van der Waals surface area contributed by atoms with E-state index in [1.807, 2.05) is 0 Å². The van der Waals surface area contributed by atoms with Crippen LogP contribution in [0.4, 0.5) is 17.6 Å². The summed E-state index contributed by atoms with van der Waals surface area (Å²) in [4.78, 5) is 12.0. The molecule has 0 saturated heterocycles. The van der Waals surface area contributed by atoms with Crippen LogP contribution in [0.25, 0.3) is 0 Å². The van der Waals surface area contributed by atoms with E-state index in [4.69, 9.17) is 4.42 Å². The molecule has 1 atom stereocenters. The van der Waals surface area contributed by atoms with Gasteiger partial charge in [-0.3, -0.25) is 4.79 Å². The monoisotopic (exact) mass is 333 g/mol. The zero-order valence-electron chi connectivity index (χ0n) is 11.4. The van der Waals surface area contributed by atoms with Crippen LogP contribution in [0, 0.1) is 11.6 Å². The number of ether oxygens (including phenoxy) is 1. The van der Waals surface area contributed by atoms with Crippen molar-refractivity contribution in [2.45, 2.75) is 12.7 Å². The van der Waals surface area contributed by atoms with Gasteiger partial charge in [0.1, 0.15) is 34.7 Å². The van der Waals surface area contributed by atoms with Crippen molar-refractivity contribution >= 4 is 5.91 Å². The summed E-state index contributed by atoms with van der Waals surface area (Å²) in [6.45, 7) is -3.83. The number of aliphatic hydroxyl groups excluding tert-OH is 1. The minimum atomic E-state index is -3.26. The molecule has 1 unspecified atom stereocenters. The average molecular weight is 333 g/mol. The number of benzene rings is 1. The van der Waals surface area contributed by atoms with Crippen molar-refractivity contribution in [3.05, 3.63) is 53.5 Å². The van der Waals surface area contributed by atoms with Crippen LogP contribution in [0.15, 0.2) is 34.9 Å². The second-order valence-electron chi connectivity index (χ2n) is 4.36. The van der Waals surface area contributed by atoms with Gasteiger partial charge in [-0.1, -0.05) is 0 Å². The highest BCUT2D eigenvalue weighted by Gasteiger charge is 2.24. The van der Waals surface area contributed by atoms with Gasteiger partial charge in [0.25, 0.3) is 5.91 Å². The number of carbonyl (C=O) groups excluding carboxylic acids is 1. The van der Waals surface area contributed by atoms with E-state index in [1.165, 1.54) is 18.4 Å². The van der Waals surface area contributed by atoms with Gasteiger partial charge in [-0.15, -0.1) is 0 Å². The van der Waals surface area contributed by atoms with E-state index in [0.717, 1.165) is 0 Å². The van der Waals surface area contributed by atoms with Crippen LogP contribution in [0.3, 0.4) is 0 Å². The average Bonchev–Trinajstić information content (AvgIpc) is 2.97. The number of hydrogen-bond acceptors (Lipinski definition) is 4. The lowest BCUT2D eigenvalue weighted by Gasteiger charge is -2.15. The van der Waals surface area contributed by atoms with Gasteiger partial charge in [-0.25, -0.2) is 8.78 Å². The molecule has 124 valence electrons. The minimum absolute atomic E-state index is 0.180. The van der Waals surface area contributed by atoms with Crippen LogP contribution in [-0.4, -0.2) is 24.2 Å². The Labute approximate surface area is 127 Å². The number of carbonyl (C=O) groups is 1. The largest absolute Gasteiger partial charge is 0.467 e. The van der Waals surface area contributed by atoms with Crippen molar-refractivity contribution in [2.75, 3.05) is 6.61 Å². The van der Waals surface area contributed by atoms with Gasteiger partial charge in [0.15, 0.2) is 0 Å². The molecule has 9 heteroatoms. The second-order valence-corrected chi connectivity index (χ2v) is 4.36. The molecule has 0 aliphatic carbocycles. The maximum atomic E-state index is 13.8. The topological polar surface area (TPSA) is 71.7 Å². The normalized spacial score (nSPS) is 12.3. The Balaban J connectivity index is 2.22. The van der Waals surface area contributed by atoms with Gasteiger partial charge in [0.2, 0.25) is 0 Å². The summed E-state index contributed by atoms with van der Waals surface area (Å²) in [5.74, 6) is -4.52.